The lowest BCUT2D eigenvalue weighted by atomic mass is 10.2. The highest BCUT2D eigenvalue weighted by atomic mass is 16.5. The van der Waals surface area contributed by atoms with Gasteiger partial charge in [-0.15, -0.1) is 0 Å². The van der Waals surface area contributed by atoms with Gasteiger partial charge in [0.2, 0.25) is 17.6 Å². The highest BCUT2D eigenvalue weighted by Gasteiger charge is 2.15. The van der Waals surface area contributed by atoms with E-state index in [0.717, 1.165) is 5.56 Å². The lowest BCUT2D eigenvalue weighted by Gasteiger charge is -2.19. The summed E-state index contributed by atoms with van der Waals surface area (Å²) in [6.07, 6.45) is 3.99. The highest BCUT2D eigenvalue weighted by molar-refractivity contribution is 5.76. The van der Waals surface area contributed by atoms with E-state index in [1.165, 1.54) is 0 Å². The topological polar surface area (TPSA) is 90.1 Å². The normalized spacial score (nSPS) is 13.6. The van der Waals surface area contributed by atoms with Crippen molar-refractivity contribution in [3.8, 4) is 11.4 Å². The van der Waals surface area contributed by atoms with E-state index in [1.54, 1.807) is 25.6 Å². The molecule has 2 rings (SSSR count). The number of nitrogens with zero attached hydrogens (tertiary/aromatic N) is 3. The van der Waals surface area contributed by atoms with Crippen molar-refractivity contribution >= 4 is 5.91 Å². The van der Waals surface area contributed by atoms with Gasteiger partial charge in [0.1, 0.15) is 0 Å². The maximum absolute atomic E-state index is 11.9. The van der Waals surface area contributed by atoms with Crippen LogP contribution in [0.3, 0.4) is 0 Å². The molecule has 0 saturated carbocycles. The summed E-state index contributed by atoms with van der Waals surface area (Å²) in [4.78, 5) is 20.1. The van der Waals surface area contributed by atoms with Crippen LogP contribution in [0, 0.1) is 0 Å². The van der Waals surface area contributed by atoms with Gasteiger partial charge in [0.25, 0.3) is 0 Å². The van der Waals surface area contributed by atoms with Gasteiger partial charge >= 0.3 is 0 Å². The zero-order valence-electron chi connectivity index (χ0n) is 12.9. The van der Waals surface area contributed by atoms with Crippen LogP contribution in [0.5, 0.6) is 0 Å². The number of ether oxygens (including phenoxy) is 1. The van der Waals surface area contributed by atoms with Crippen LogP contribution in [0.15, 0.2) is 29.0 Å². The summed E-state index contributed by atoms with van der Waals surface area (Å²) in [5, 5.41) is 6.76. The number of hydrogen-bond donors (Lipinski definition) is 1. The van der Waals surface area contributed by atoms with Crippen LogP contribution in [0.4, 0.5) is 0 Å². The lowest BCUT2D eigenvalue weighted by molar-refractivity contribution is -0.122. The molecule has 0 spiro atoms. The van der Waals surface area contributed by atoms with Crippen LogP contribution in [-0.4, -0.2) is 40.3 Å². The average molecular weight is 304 g/mol. The molecule has 0 aliphatic rings. The second-order valence-electron chi connectivity index (χ2n) is 5.05. The fraction of sp³-hybridized carbons (Fsp3) is 0.467. The van der Waals surface area contributed by atoms with Gasteiger partial charge in [-0.1, -0.05) is 5.16 Å². The van der Waals surface area contributed by atoms with Crippen molar-refractivity contribution in [2.75, 3.05) is 7.11 Å². The smallest absolute Gasteiger partial charge is 0.227 e. The summed E-state index contributed by atoms with van der Waals surface area (Å²) in [5.74, 6) is 0.837. The zero-order chi connectivity index (χ0) is 15.9. The van der Waals surface area contributed by atoms with Gasteiger partial charge < -0.3 is 14.6 Å². The van der Waals surface area contributed by atoms with E-state index >= 15 is 0 Å². The van der Waals surface area contributed by atoms with E-state index < -0.39 is 0 Å². The Labute approximate surface area is 129 Å². The average Bonchev–Trinajstić information content (AvgIpc) is 3.02. The summed E-state index contributed by atoms with van der Waals surface area (Å²) in [5.41, 5.74) is 0.782. The maximum atomic E-state index is 11.9. The minimum Gasteiger partial charge on any atom is -0.380 e. The van der Waals surface area contributed by atoms with Gasteiger partial charge in [0.15, 0.2) is 0 Å². The molecule has 0 aromatic carbocycles. The molecule has 2 aromatic heterocycles. The van der Waals surface area contributed by atoms with Crippen molar-refractivity contribution in [3.63, 3.8) is 0 Å². The van der Waals surface area contributed by atoms with E-state index in [1.807, 2.05) is 19.9 Å². The van der Waals surface area contributed by atoms with Gasteiger partial charge in [-0.25, -0.2) is 0 Å². The molecule has 0 saturated heterocycles. The van der Waals surface area contributed by atoms with Crippen LogP contribution in [0.1, 0.15) is 26.2 Å². The molecule has 1 N–H and O–H groups in total. The monoisotopic (exact) mass is 304 g/mol. The van der Waals surface area contributed by atoms with Gasteiger partial charge in [0, 0.05) is 37.9 Å². The predicted molar refractivity (Wildman–Crippen MR) is 79.9 cm³/mol. The van der Waals surface area contributed by atoms with Crippen molar-refractivity contribution < 1.29 is 14.1 Å². The molecule has 0 unspecified atom stereocenters. The SMILES string of the molecule is CO[C@H](C)[C@H](C)NC(=O)CCc1nc(-c2cccnc2)no1. The first-order valence-corrected chi connectivity index (χ1v) is 7.15. The van der Waals surface area contributed by atoms with Crippen molar-refractivity contribution in [3.05, 3.63) is 30.4 Å². The highest BCUT2D eigenvalue weighted by Crippen LogP contribution is 2.14. The minimum atomic E-state index is -0.0717. The van der Waals surface area contributed by atoms with Crippen molar-refractivity contribution in [1.29, 1.82) is 0 Å². The molecule has 1 amide bonds. The third-order valence-electron chi connectivity index (χ3n) is 3.42. The lowest BCUT2D eigenvalue weighted by Crippen LogP contribution is -2.40. The molecule has 2 aromatic rings. The van der Waals surface area contributed by atoms with E-state index in [9.17, 15) is 4.79 Å². The summed E-state index contributed by atoms with van der Waals surface area (Å²) >= 11 is 0. The number of aromatic nitrogens is 3. The molecule has 0 bridgehead atoms. The fourth-order valence-corrected chi connectivity index (χ4v) is 1.84. The van der Waals surface area contributed by atoms with Gasteiger partial charge in [-0.3, -0.25) is 9.78 Å². The Balaban J connectivity index is 1.85. The number of carbonyl (C=O) groups is 1. The Hall–Kier alpha value is -2.28. The largest absolute Gasteiger partial charge is 0.380 e. The second kappa shape index (κ2) is 7.65. The molecule has 0 fully saturated rings. The Morgan fingerprint density at radius 3 is 2.95 bits per heavy atom. The van der Waals surface area contributed by atoms with E-state index in [2.05, 4.69) is 20.4 Å². The molecular formula is C15H20N4O3. The van der Waals surface area contributed by atoms with Gasteiger partial charge in [0.05, 0.1) is 12.1 Å². The second-order valence-corrected chi connectivity index (χ2v) is 5.05. The number of rotatable bonds is 7. The van der Waals surface area contributed by atoms with Crippen LogP contribution >= 0.6 is 0 Å². The summed E-state index contributed by atoms with van der Waals surface area (Å²) in [6.45, 7) is 3.81. The third-order valence-corrected chi connectivity index (χ3v) is 3.42. The van der Waals surface area contributed by atoms with Gasteiger partial charge in [-0.2, -0.15) is 4.98 Å². The van der Waals surface area contributed by atoms with E-state index in [4.69, 9.17) is 9.26 Å². The van der Waals surface area contributed by atoms with E-state index in [0.29, 0.717) is 18.1 Å². The number of hydrogen-bond acceptors (Lipinski definition) is 6. The molecule has 0 radical (unpaired) electrons. The molecule has 7 nitrogen and oxygen atoms in total. The molecule has 0 aliphatic carbocycles. The number of nitrogens with one attached hydrogen (secondary N) is 1. The summed E-state index contributed by atoms with van der Waals surface area (Å²) in [7, 11) is 1.62. The Kier molecular flexibility index (Phi) is 5.60. The molecule has 118 valence electrons. The number of carbonyl (C=O) groups excluding carboxylic acids is 1. The molecular weight excluding hydrogens is 284 g/mol. The molecule has 7 heteroatoms. The predicted octanol–water partition coefficient (Wildman–Crippen LogP) is 1.60. The first kappa shape index (κ1) is 16.1. The standard InChI is InChI=1S/C15H20N4O3/c1-10(11(2)21-3)17-13(20)6-7-14-18-15(19-22-14)12-5-4-8-16-9-12/h4-5,8-11H,6-7H2,1-3H3,(H,17,20)/t10-,11+/m0/s1. The number of amides is 1. The van der Waals surface area contributed by atoms with Crippen LogP contribution in [0.2, 0.25) is 0 Å². The maximum Gasteiger partial charge on any atom is 0.227 e. The van der Waals surface area contributed by atoms with E-state index in [-0.39, 0.29) is 24.5 Å². The van der Waals surface area contributed by atoms with Crippen LogP contribution in [0.25, 0.3) is 11.4 Å². The number of aryl methyl sites for hydroxylation is 1. The van der Waals surface area contributed by atoms with Crippen LogP contribution in [-0.2, 0) is 16.0 Å². The zero-order valence-corrected chi connectivity index (χ0v) is 12.9. The van der Waals surface area contributed by atoms with Crippen molar-refractivity contribution in [2.45, 2.75) is 38.8 Å². The summed E-state index contributed by atoms with van der Waals surface area (Å²) in [6, 6.07) is 3.60. The minimum absolute atomic E-state index is 0.0375. The Morgan fingerprint density at radius 1 is 1.45 bits per heavy atom. The Morgan fingerprint density at radius 2 is 2.27 bits per heavy atom. The Bertz CT molecular complexity index is 600. The quantitative estimate of drug-likeness (QED) is 0.835. The first-order chi connectivity index (χ1) is 10.6. The van der Waals surface area contributed by atoms with Crippen molar-refractivity contribution in [2.24, 2.45) is 0 Å². The third kappa shape index (κ3) is 4.36. The van der Waals surface area contributed by atoms with Crippen molar-refractivity contribution in [1.82, 2.24) is 20.4 Å². The molecule has 0 aliphatic heterocycles. The molecule has 22 heavy (non-hydrogen) atoms. The number of methoxy groups -OCH3 is 1. The summed E-state index contributed by atoms with van der Waals surface area (Å²) < 4.78 is 10.3. The number of pyridine rings is 1. The molecule has 2 heterocycles. The van der Waals surface area contributed by atoms with Gasteiger partial charge in [-0.05, 0) is 26.0 Å². The molecule has 2 atom stereocenters. The fourth-order valence-electron chi connectivity index (χ4n) is 1.84. The first-order valence-electron chi connectivity index (χ1n) is 7.15. The van der Waals surface area contributed by atoms with Crippen LogP contribution < -0.4 is 5.32 Å².